The van der Waals surface area contributed by atoms with Gasteiger partial charge in [0.25, 0.3) is 0 Å². The normalized spacial score (nSPS) is 17.2. The Balaban J connectivity index is 2.07. The van der Waals surface area contributed by atoms with Crippen molar-refractivity contribution in [1.82, 2.24) is 4.98 Å². The second kappa shape index (κ2) is 7.12. The smallest absolute Gasteiger partial charge is 0.330 e. The number of alkyl halides is 3. The van der Waals surface area contributed by atoms with E-state index >= 15 is 0 Å². The quantitative estimate of drug-likeness (QED) is 0.680. The lowest BCUT2D eigenvalue weighted by atomic mass is 9.94. The first-order valence-electron chi connectivity index (χ1n) is 8.13. The summed E-state index contributed by atoms with van der Waals surface area (Å²) >= 11 is 1.64. The summed E-state index contributed by atoms with van der Waals surface area (Å²) in [5.74, 6) is 0.928. The molecule has 25 heavy (non-hydrogen) atoms. The minimum absolute atomic E-state index is 0.0753. The van der Waals surface area contributed by atoms with E-state index in [0.717, 1.165) is 22.0 Å². The first kappa shape index (κ1) is 17.9. The highest BCUT2D eigenvalue weighted by Gasteiger charge is 2.33. The van der Waals surface area contributed by atoms with E-state index in [1.807, 2.05) is 36.9 Å². The highest BCUT2D eigenvalue weighted by atomic mass is 32.2. The van der Waals surface area contributed by atoms with E-state index in [0.29, 0.717) is 12.2 Å². The van der Waals surface area contributed by atoms with E-state index in [1.165, 1.54) is 12.1 Å². The van der Waals surface area contributed by atoms with Gasteiger partial charge in [0, 0.05) is 17.8 Å². The van der Waals surface area contributed by atoms with Crippen LogP contribution in [0.2, 0.25) is 0 Å². The molecule has 1 atom stereocenters. The van der Waals surface area contributed by atoms with Crippen molar-refractivity contribution in [3.63, 3.8) is 0 Å². The van der Waals surface area contributed by atoms with Crippen LogP contribution in [0.3, 0.4) is 0 Å². The summed E-state index contributed by atoms with van der Waals surface area (Å²) in [5, 5.41) is 0.979. The van der Waals surface area contributed by atoms with Gasteiger partial charge in [-0.25, -0.2) is 0 Å². The SMILES string of the molecule is CCSC1=CC(C)c2ccc(C(F)(F)F)cc2N1Cc1ccccn1. The molecule has 0 amide bonds. The van der Waals surface area contributed by atoms with E-state index in [9.17, 15) is 13.2 Å². The van der Waals surface area contributed by atoms with Crippen LogP contribution >= 0.6 is 11.8 Å². The zero-order chi connectivity index (χ0) is 18.0. The Labute approximate surface area is 149 Å². The number of benzene rings is 1. The molecule has 3 rings (SSSR count). The number of aromatic nitrogens is 1. The fraction of sp³-hybridized carbons (Fsp3) is 0.316. The van der Waals surface area contributed by atoms with Gasteiger partial charge in [0.15, 0.2) is 0 Å². The van der Waals surface area contributed by atoms with Gasteiger partial charge in [-0.2, -0.15) is 13.2 Å². The standard InChI is InChI=1S/C19H19F3N2S/c1-3-25-18-10-13(2)16-8-7-14(19(20,21)22)11-17(16)24(18)12-15-6-4-5-9-23-15/h4-11,13H,3,12H2,1-2H3. The van der Waals surface area contributed by atoms with Gasteiger partial charge < -0.3 is 4.90 Å². The van der Waals surface area contributed by atoms with Crippen molar-refractivity contribution in [3.05, 3.63) is 70.5 Å². The molecular formula is C19H19F3N2S. The zero-order valence-corrected chi connectivity index (χ0v) is 14.9. The van der Waals surface area contributed by atoms with Crippen LogP contribution in [0.15, 0.2) is 53.7 Å². The molecule has 0 saturated heterocycles. The van der Waals surface area contributed by atoms with E-state index in [2.05, 4.69) is 11.1 Å². The number of nitrogens with zero attached hydrogens (tertiary/aromatic N) is 2. The molecule has 1 aromatic heterocycles. The van der Waals surface area contributed by atoms with Gasteiger partial charge in [0.2, 0.25) is 0 Å². The van der Waals surface area contributed by atoms with Crippen molar-refractivity contribution in [2.45, 2.75) is 32.5 Å². The van der Waals surface area contributed by atoms with Gasteiger partial charge in [-0.1, -0.05) is 26.0 Å². The largest absolute Gasteiger partial charge is 0.416 e. The van der Waals surface area contributed by atoms with Crippen LogP contribution in [0.5, 0.6) is 0 Å². The maximum absolute atomic E-state index is 13.2. The van der Waals surface area contributed by atoms with Crippen LogP contribution in [0, 0.1) is 0 Å². The molecule has 0 N–H and O–H groups in total. The summed E-state index contributed by atoms with van der Waals surface area (Å²) in [5.41, 5.74) is 1.73. The molecule has 0 aliphatic carbocycles. The van der Waals surface area contributed by atoms with Gasteiger partial charge in [0.1, 0.15) is 0 Å². The number of fused-ring (bicyclic) bond motifs is 1. The lowest BCUT2D eigenvalue weighted by Gasteiger charge is -2.35. The Bertz CT molecular complexity index is 772. The van der Waals surface area contributed by atoms with Gasteiger partial charge in [0.05, 0.1) is 22.8 Å². The third kappa shape index (κ3) is 3.84. The fourth-order valence-corrected chi connectivity index (χ4v) is 3.86. The second-order valence-electron chi connectivity index (χ2n) is 5.91. The maximum Gasteiger partial charge on any atom is 0.416 e. The van der Waals surface area contributed by atoms with Crippen molar-refractivity contribution < 1.29 is 13.2 Å². The Morgan fingerprint density at radius 3 is 2.64 bits per heavy atom. The van der Waals surface area contributed by atoms with E-state index in [4.69, 9.17) is 0 Å². The molecule has 1 aliphatic heterocycles. The van der Waals surface area contributed by atoms with Crippen LogP contribution in [0.4, 0.5) is 18.9 Å². The highest BCUT2D eigenvalue weighted by molar-refractivity contribution is 8.03. The van der Waals surface area contributed by atoms with Crippen molar-refractivity contribution in [1.29, 1.82) is 0 Å². The number of thioether (sulfide) groups is 1. The van der Waals surface area contributed by atoms with Crippen molar-refractivity contribution >= 4 is 17.4 Å². The predicted octanol–water partition coefficient (Wildman–Crippen LogP) is 5.82. The number of pyridine rings is 1. The summed E-state index contributed by atoms with van der Waals surface area (Å²) < 4.78 is 39.6. The molecule has 0 spiro atoms. The molecule has 1 aromatic carbocycles. The molecule has 1 aliphatic rings. The Morgan fingerprint density at radius 2 is 2.00 bits per heavy atom. The molecule has 1 unspecified atom stereocenters. The third-order valence-corrected chi connectivity index (χ3v) is 5.08. The molecule has 0 saturated carbocycles. The summed E-state index contributed by atoms with van der Waals surface area (Å²) in [6.45, 7) is 4.50. The van der Waals surface area contributed by atoms with E-state index < -0.39 is 11.7 Å². The van der Waals surface area contributed by atoms with Crippen molar-refractivity contribution in [2.24, 2.45) is 0 Å². The van der Waals surface area contributed by atoms with Crippen LogP contribution in [-0.4, -0.2) is 10.7 Å². The van der Waals surface area contributed by atoms with Gasteiger partial charge >= 0.3 is 6.18 Å². The van der Waals surface area contributed by atoms with E-state index in [1.54, 1.807) is 24.0 Å². The molecule has 0 radical (unpaired) electrons. The Morgan fingerprint density at radius 1 is 1.20 bits per heavy atom. The average molecular weight is 364 g/mol. The van der Waals surface area contributed by atoms with Gasteiger partial charge in [-0.15, -0.1) is 11.8 Å². The van der Waals surface area contributed by atoms with Crippen LogP contribution < -0.4 is 4.90 Å². The minimum atomic E-state index is -4.35. The summed E-state index contributed by atoms with van der Waals surface area (Å²) in [6, 6.07) is 9.63. The average Bonchev–Trinajstić information content (AvgIpc) is 2.58. The number of allylic oxidation sites excluding steroid dienone is 1. The Kier molecular flexibility index (Phi) is 5.08. The topological polar surface area (TPSA) is 16.1 Å². The number of hydrogen-bond acceptors (Lipinski definition) is 3. The van der Waals surface area contributed by atoms with Crippen LogP contribution in [-0.2, 0) is 12.7 Å². The van der Waals surface area contributed by atoms with Crippen molar-refractivity contribution in [3.8, 4) is 0 Å². The minimum Gasteiger partial charge on any atom is -0.330 e. The molecule has 0 fully saturated rings. The molecule has 0 bridgehead atoms. The number of halogens is 3. The predicted molar refractivity (Wildman–Crippen MR) is 96.5 cm³/mol. The molecule has 132 valence electrons. The fourth-order valence-electron chi connectivity index (χ4n) is 2.94. The number of hydrogen-bond donors (Lipinski definition) is 0. The van der Waals surface area contributed by atoms with Gasteiger partial charge in [-0.05, 0) is 41.7 Å². The lowest BCUT2D eigenvalue weighted by Crippen LogP contribution is -2.26. The Hall–Kier alpha value is -1.95. The summed E-state index contributed by atoms with van der Waals surface area (Å²) in [4.78, 5) is 6.28. The van der Waals surface area contributed by atoms with Crippen LogP contribution in [0.25, 0.3) is 0 Å². The third-order valence-electron chi connectivity index (χ3n) is 4.14. The van der Waals surface area contributed by atoms with Crippen molar-refractivity contribution in [2.75, 3.05) is 10.7 Å². The number of anilines is 1. The lowest BCUT2D eigenvalue weighted by molar-refractivity contribution is -0.137. The molecular weight excluding hydrogens is 345 g/mol. The zero-order valence-electron chi connectivity index (χ0n) is 14.0. The van der Waals surface area contributed by atoms with Crippen LogP contribution in [0.1, 0.15) is 36.6 Å². The molecule has 6 heteroatoms. The first-order chi connectivity index (χ1) is 11.9. The summed E-state index contributed by atoms with van der Waals surface area (Å²) in [7, 11) is 0. The van der Waals surface area contributed by atoms with E-state index in [-0.39, 0.29) is 5.92 Å². The first-order valence-corrected chi connectivity index (χ1v) is 9.12. The monoisotopic (exact) mass is 364 g/mol. The molecule has 2 nitrogen and oxygen atoms in total. The summed E-state index contributed by atoms with van der Waals surface area (Å²) in [6.07, 6.45) is -0.536. The molecule has 2 heterocycles. The maximum atomic E-state index is 13.2. The molecule has 2 aromatic rings. The van der Waals surface area contributed by atoms with Gasteiger partial charge in [-0.3, -0.25) is 4.98 Å². The number of rotatable bonds is 4. The second-order valence-corrected chi connectivity index (χ2v) is 7.19. The highest BCUT2D eigenvalue weighted by Crippen LogP contribution is 2.43.